The number of nitrogens with zero attached hydrogens (tertiary/aromatic N) is 5. The molecular formula is C19H32IN7. The van der Waals surface area contributed by atoms with Crippen molar-refractivity contribution in [3.63, 3.8) is 0 Å². The lowest BCUT2D eigenvalue weighted by Crippen LogP contribution is -2.43. The number of likely N-dealkylation sites (N-methyl/N-ethyl adjacent to an activating group) is 1. The van der Waals surface area contributed by atoms with Crippen molar-refractivity contribution in [1.29, 1.82) is 0 Å². The summed E-state index contributed by atoms with van der Waals surface area (Å²) in [5.41, 5.74) is 0.852. The van der Waals surface area contributed by atoms with Gasteiger partial charge in [-0.1, -0.05) is 25.3 Å². The van der Waals surface area contributed by atoms with Crippen LogP contribution >= 0.6 is 24.0 Å². The monoisotopic (exact) mass is 485 g/mol. The number of nitrogens with one attached hydrogen (secondary N) is 2. The maximum absolute atomic E-state index is 4.67. The van der Waals surface area contributed by atoms with E-state index in [-0.39, 0.29) is 24.0 Å². The molecule has 1 saturated carbocycles. The Morgan fingerprint density at radius 2 is 2.04 bits per heavy atom. The molecule has 2 aromatic heterocycles. The smallest absolute Gasteiger partial charge is 0.191 e. The number of guanidine groups is 1. The molecular weight excluding hydrogens is 453 g/mol. The van der Waals surface area contributed by atoms with Crippen molar-refractivity contribution in [1.82, 2.24) is 30.1 Å². The number of hydrogen-bond acceptors (Lipinski definition) is 4. The van der Waals surface area contributed by atoms with E-state index in [1.54, 1.807) is 0 Å². The Bertz CT molecular complexity index is 709. The van der Waals surface area contributed by atoms with Crippen LogP contribution in [0, 0.1) is 0 Å². The van der Waals surface area contributed by atoms with Crippen LogP contribution in [0.4, 0.5) is 0 Å². The number of pyridine rings is 1. The van der Waals surface area contributed by atoms with Gasteiger partial charge in [-0.2, -0.15) is 0 Å². The standard InChI is InChI=1S/C19H31N7.HI/c1-3-20-19(21-12-14-25(2)16-9-5-4-6-10-16)22-15-18-24-23-17-11-7-8-13-26(17)18;/h7-8,11,13,16H,3-6,9-10,12,14-15H2,1-2H3,(H2,20,21,22);1H. The Balaban J connectivity index is 0.00000261. The Hall–Kier alpha value is -1.42. The minimum Gasteiger partial charge on any atom is -0.357 e. The number of halogens is 1. The third kappa shape index (κ3) is 6.31. The van der Waals surface area contributed by atoms with E-state index in [2.05, 4.69) is 44.7 Å². The molecule has 0 bridgehead atoms. The van der Waals surface area contributed by atoms with Crippen LogP contribution in [0.3, 0.4) is 0 Å². The second-order valence-corrected chi connectivity index (χ2v) is 6.94. The highest BCUT2D eigenvalue weighted by atomic mass is 127. The molecule has 7 nitrogen and oxygen atoms in total. The third-order valence-corrected chi connectivity index (χ3v) is 5.06. The Morgan fingerprint density at radius 1 is 1.22 bits per heavy atom. The fourth-order valence-electron chi connectivity index (χ4n) is 3.55. The minimum atomic E-state index is 0. The summed E-state index contributed by atoms with van der Waals surface area (Å²) in [4.78, 5) is 7.16. The van der Waals surface area contributed by atoms with E-state index < -0.39 is 0 Å². The number of rotatable bonds is 7. The lowest BCUT2D eigenvalue weighted by Gasteiger charge is -2.31. The van der Waals surface area contributed by atoms with Crippen molar-refractivity contribution in [3.8, 4) is 0 Å². The van der Waals surface area contributed by atoms with Crippen molar-refractivity contribution in [2.24, 2.45) is 4.99 Å². The molecule has 2 N–H and O–H groups in total. The molecule has 2 heterocycles. The van der Waals surface area contributed by atoms with Crippen molar-refractivity contribution < 1.29 is 0 Å². The summed E-state index contributed by atoms with van der Waals surface area (Å²) in [5, 5.41) is 15.2. The Kier molecular flexibility index (Phi) is 9.26. The average molecular weight is 485 g/mol. The summed E-state index contributed by atoms with van der Waals surface area (Å²) in [6, 6.07) is 6.64. The number of aliphatic imine (C=N–C) groups is 1. The highest BCUT2D eigenvalue weighted by molar-refractivity contribution is 14.0. The second kappa shape index (κ2) is 11.4. The molecule has 0 amide bonds. The topological polar surface area (TPSA) is 69.8 Å². The molecule has 27 heavy (non-hydrogen) atoms. The molecule has 0 spiro atoms. The first kappa shape index (κ1) is 21.9. The Morgan fingerprint density at radius 3 is 2.81 bits per heavy atom. The molecule has 0 unspecified atom stereocenters. The van der Waals surface area contributed by atoms with Gasteiger partial charge in [-0.05, 0) is 38.9 Å². The van der Waals surface area contributed by atoms with E-state index >= 15 is 0 Å². The van der Waals surface area contributed by atoms with Gasteiger partial charge in [-0.25, -0.2) is 4.99 Å². The first-order chi connectivity index (χ1) is 12.8. The van der Waals surface area contributed by atoms with Crippen LogP contribution in [0.5, 0.6) is 0 Å². The van der Waals surface area contributed by atoms with Crippen molar-refractivity contribution in [3.05, 3.63) is 30.2 Å². The quantitative estimate of drug-likeness (QED) is 0.359. The summed E-state index contributed by atoms with van der Waals surface area (Å²) in [6.45, 7) is 5.34. The van der Waals surface area contributed by atoms with Crippen molar-refractivity contribution >= 4 is 35.6 Å². The minimum absolute atomic E-state index is 0. The molecule has 8 heteroatoms. The van der Waals surface area contributed by atoms with E-state index in [0.29, 0.717) is 6.54 Å². The van der Waals surface area contributed by atoms with Gasteiger partial charge >= 0.3 is 0 Å². The summed E-state index contributed by atoms with van der Waals surface area (Å²) >= 11 is 0. The highest BCUT2D eigenvalue weighted by Crippen LogP contribution is 2.21. The maximum Gasteiger partial charge on any atom is 0.191 e. The first-order valence-electron chi connectivity index (χ1n) is 9.79. The van der Waals surface area contributed by atoms with Crippen LogP contribution in [-0.2, 0) is 6.54 Å². The van der Waals surface area contributed by atoms with Gasteiger partial charge in [0.25, 0.3) is 0 Å². The maximum atomic E-state index is 4.67. The van der Waals surface area contributed by atoms with E-state index in [9.17, 15) is 0 Å². The largest absolute Gasteiger partial charge is 0.357 e. The van der Waals surface area contributed by atoms with E-state index in [1.807, 2.05) is 28.8 Å². The second-order valence-electron chi connectivity index (χ2n) is 6.94. The Labute approximate surface area is 179 Å². The van der Waals surface area contributed by atoms with Gasteiger partial charge in [0.1, 0.15) is 6.54 Å². The predicted molar refractivity (Wildman–Crippen MR) is 121 cm³/mol. The molecule has 1 aliphatic rings. The predicted octanol–water partition coefficient (Wildman–Crippen LogP) is 2.67. The molecule has 0 atom stereocenters. The zero-order valence-corrected chi connectivity index (χ0v) is 18.7. The molecule has 0 aliphatic heterocycles. The first-order valence-corrected chi connectivity index (χ1v) is 9.79. The van der Waals surface area contributed by atoms with Crippen molar-refractivity contribution in [2.45, 2.75) is 51.6 Å². The molecule has 3 rings (SSSR count). The van der Waals surface area contributed by atoms with Gasteiger partial charge in [0.15, 0.2) is 17.4 Å². The van der Waals surface area contributed by atoms with Crippen LogP contribution in [0.2, 0.25) is 0 Å². The number of fused-ring (bicyclic) bond motifs is 1. The third-order valence-electron chi connectivity index (χ3n) is 5.06. The summed E-state index contributed by atoms with van der Waals surface area (Å²) < 4.78 is 1.98. The number of aromatic nitrogens is 3. The van der Waals surface area contributed by atoms with E-state index in [1.165, 1.54) is 32.1 Å². The SMILES string of the molecule is CCNC(=NCc1nnc2ccccn12)NCCN(C)C1CCCCC1.I. The van der Waals surface area contributed by atoms with Gasteiger partial charge in [-0.3, -0.25) is 4.40 Å². The molecule has 0 saturated heterocycles. The lowest BCUT2D eigenvalue weighted by molar-refractivity contribution is 0.194. The number of hydrogen-bond donors (Lipinski definition) is 2. The van der Waals surface area contributed by atoms with Crippen LogP contribution in [0.15, 0.2) is 29.4 Å². The van der Waals surface area contributed by atoms with Gasteiger partial charge < -0.3 is 15.5 Å². The zero-order chi connectivity index (χ0) is 18.2. The van der Waals surface area contributed by atoms with E-state index in [0.717, 1.165) is 43.1 Å². The molecule has 1 fully saturated rings. The lowest BCUT2D eigenvalue weighted by atomic mass is 9.94. The van der Waals surface area contributed by atoms with Crippen LogP contribution in [-0.4, -0.2) is 58.2 Å². The van der Waals surface area contributed by atoms with Gasteiger partial charge in [0, 0.05) is 31.9 Å². The average Bonchev–Trinajstić information content (AvgIpc) is 3.10. The van der Waals surface area contributed by atoms with Gasteiger partial charge in [0.05, 0.1) is 0 Å². The van der Waals surface area contributed by atoms with Gasteiger partial charge in [-0.15, -0.1) is 34.2 Å². The summed E-state index contributed by atoms with van der Waals surface area (Å²) in [7, 11) is 2.24. The van der Waals surface area contributed by atoms with Crippen LogP contribution in [0.1, 0.15) is 44.9 Å². The van der Waals surface area contributed by atoms with Gasteiger partial charge in [0.2, 0.25) is 0 Å². The van der Waals surface area contributed by atoms with Crippen LogP contribution < -0.4 is 10.6 Å². The normalized spacial score (nSPS) is 15.7. The fourth-order valence-corrected chi connectivity index (χ4v) is 3.55. The molecule has 150 valence electrons. The highest BCUT2D eigenvalue weighted by Gasteiger charge is 2.17. The molecule has 0 radical (unpaired) electrons. The summed E-state index contributed by atoms with van der Waals surface area (Å²) in [5.74, 6) is 1.68. The fraction of sp³-hybridized carbons (Fsp3) is 0.632. The molecule has 0 aromatic carbocycles. The van der Waals surface area contributed by atoms with E-state index in [4.69, 9.17) is 0 Å². The molecule has 2 aromatic rings. The van der Waals surface area contributed by atoms with Crippen molar-refractivity contribution in [2.75, 3.05) is 26.7 Å². The summed E-state index contributed by atoms with van der Waals surface area (Å²) in [6.07, 6.45) is 8.80. The molecule has 1 aliphatic carbocycles. The zero-order valence-electron chi connectivity index (χ0n) is 16.4. The van der Waals surface area contributed by atoms with Crippen LogP contribution in [0.25, 0.3) is 5.65 Å².